The molecule has 144 valence electrons. The van der Waals surface area contributed by atoms with Gasteiger partial charge < -0.3 is 10.2 Å². The minimum Gasteiger partial charge on any atom is -0.372 e. The molecule has 4 heteroatoms. The summed E-state index contributed by atoms with van der Waals surface area (Å²) in [4.78, 5) is 16.2. The Morgan fingerprint density at radius 1 is 1.15 bits per heavy atom. The van der Waals surface area contributed by atoms with Crippen molar-refractivity contribution in [3.63, 3.8) is 0 Å². The first-order chi connectivity index (χ1) is 13.1. The van der Waals surface area contributed by atoms with Gasteiger partial charge in [-0.2, -0.15) is 0 Å². The first-order valence-electron chi connectivity index (χ1n) is 9.96. The minimum atomic E-state index is -0.0207. The molecule has 1 saturated heterocycles. The molecule has 1 aliphatic rings. The van der Waals surface area contributed by atoms with Crippen LogP contribution in [0.4, 0.5) is 5.69 Å². The number of carbonyl (C=O) groups excluding carboxylic acids is 1. The smallest absolute Gasteiger partial charge is 0.252 e. The maximum absolute atomic E-state index is 12.7. The van der Waals surface area contributed by atoms with Gasteiger partial charge in [0.1, 0.15) is 0 Å². The summed E-state index contributed by atoms with van der Waals surface area (Å²) in [6.45, 7) is 8.76. The van der Waals surface area contributed by atoms with Crippen molar-refractivity contribution in [3.05, 3.63) is 59.7 Å². The highest BCUT2D eigenvalue weighted by atomic mass is 32.2. The Kier molecular flexibility index (Phi) is 6.84. The third-order valence-corrected chi connectivity index (χ3v) is 6.28. The Balaban J connectivity index is 1.64. The standard InChI is InChI=1S/C23H30N2OS/c1-4-27-22-8-6-5-7-21(22)23(26)24-18(3)19-9-11-20(12-10-19)25-15-13-17(2)14-16-25/h5-12,17-18H,4,13-16H2,1-3H3,(H,24,26)/t18-/m1/s1. The summed E-state index contributed by atoms with van der Waals surface area (Å²) in [7, 11) is 0. The molecule has 0 aliphatic carbocycles. The molecule has 1 amide bonds. The monoisotopic (exact) mass is 382 g/mol. The second-order valence-corrected chi connectivity index (χ2v) is 8.69. The van der Waals surface area contributed by atoms with Crippen LogP contribution in [0.2, 0.25) is 0 Å². The predicted octanol–water partition coefficient (Wildman–Crippen LogP) is 5.53. The third-order valence-electron chi connectivity index (χ3n) is 5.32. The lowest BCUT2D eigenvalue weighted by Gasteiger charge is -2.32. The molecule has 0 bridgehead atoms. The van der Waals surface area contributed by atoms with Crippen LogP contribution in [0.25, 0.3) is 0 Å². The van der Waals surface area contributed by atoms with Crippen LogP contribution in [0.3, 0.4) is 0 Å². The molecule has 1 atom stereocenters. The molecule has 2 aromatic rings. The van der Waals surface area contributed by atoms with E-state index < -0.39 is 0 Å². The van der Waals surface area contributed by atoms with E-state index in [0.29, 0.717) is 0 Å². The van der Waals surface area contributed by atoms with E-state index in [-0.39, 0.29) is 11.9 Å². The highest BCUT2D eigenvalue weighted by molar-refractivity contribution is 7.99. The molecule has 27 heavy (non-hydrogen) atoms. The molecule has 0 aromatic heterocycles. The van der Waals surface area contributed by atoms with Gasteiger partial charge in [0.25, 0.3) is 5.91 Å². The van der Waals surface area contributed by atoms with E-state index in [1.54, 1.807) is 11.8 Å². The molecule has 1 fully saturated rings. The van der Waals surface area contributed by atoms with Gasteiger partial charge in [0.2, 0.25) is 0 Å². The number of anilines is 1. The summed E-state index contributed by atoms with van der Waals surface area (Å²) in [5, 5.41) is 3.15. The van der Waals surface area contributed by atoms with Crippen LogP contribution in [0.1, 0.15) is 55.6 Å². The average molecular weight is 383 g/mol. The molecule has 0 spiro atoms. The van der Waals surface area contributed by atoms with Gasteiger partial charge in [-0.05, 0) is 61.3 Å². The molecular weight excluding hydrogens is 352 g/mol. The van der Waals surface area contributed by atoms with Crippen molar-refractivity contribution in [3.8, 4) is 0 Å². The molecule has 0 unspecified atom stereocenters. The van der Waals surface area contributed by atoms with Crippen molar-refractivity contribution >= 4 is 23.4 Å². The van der Waals surface area contributed by atoms with E-state index in [9.17, 15) is 4.79 Å². The van der Waals surface area contributed by atoms with Gasteiger partial charge >= 0.3 is 0 Å². The Morgan fingerprint density at radius 2 is 1.81 bits per heavy atom. The molecule has 0 saturated carbocycles. The first-order valence-corrected chi connectivity index (χ1v) is 10.9. The van der Waals surface area contributed by atoms with Crippen molar-refractivity contribution in [1.29, 1.82) is 0 Å². The molecule has 2 aromatic carbocycles. The maximum Gasteiger partial charge on any atom is 0.252 e. The quantitative estimate of drug-likeness (QED) is 0.667. The van der Waals surface area contributed by atoms with Crippen LogP contribution in [0, 0.1) is 5.92 Å². The molecule has 0 radical (unpaired) electrons. The van der Waals surface area contributed by atoms with Gasteiger partial charge in [0.05, 0.1) is 11.6 Å². The van der Waals surface area contributed by atoms with Crippen LogP contribution in [0.15, 0.2) is 53.4 Å². The fourth-order valence-electron chi connectivity index (χ4n) is 3.53. The van der Waals surface area contributed by atoms with E-state index in [0.717, 1.165) is 40.8 Å². The highest BCUT2D eigenvalue weighted by Crippen LogP contribution is 2.26. The fourth-order valence-corrected chi connectivity index (χ4v) is 4.34. The number of amides is 1. The molecular formula is C23H30N2OS. The average Bonchev–Trinajstić information content (AvgIpc) is 2.69. The predicted molar refractivity (Wildman–Crippen MR) is 116 cm³/mol. The number of benzene rings is 2. The summed E-state index contributed by atoms with van der Waals surface area (Å²) in [6.07, 6.45) is 2.53. The number of hydrogen-bond donors (Lipinski definition) is 1. The summed E-state index contributed by atoms with van der Waals surface area (Å²) >= 11 is 1.70. The van der Waals surface area contributed by atoms with Gasteiger partial charge in [-0.25, -0.2) is 0 Å². The second kappa shape index (κ2) is 9.32. The lowest BCUT2D eigenvalue weighted by atomic mass is 9.98. The van der Waals surface area contributed by atoms with E-state index in [2.05, 4.69) is 48.3 Å². The SMILES string of the molecule is CCSc1ccccc1C(=O)N[C@H](C)c1ccc(N2CCC(C)CC2)cc1. The van der Waals surface area contributed by atoms with Gasteiger partial charge in [-0.15, -0.1) is 11.8 Å². The summed E-state index contributed by atoms with van der Waals surface area (Å²) in [6, 6.07) is 16.5. The van der Waals surface area contributed by atoms with Gasteiger partial charge in [-0.3, -0.25) is 4.79 Å². The largest absolute Gasteiger partial charge is 0.372 e. The number of hydrogen-bond acceptors (Lipinski definition) is 3. The van der Waals surface area contributed by atoms with E-state index in [4.69, 9.17) is 0 Å². The number of nitrogens with zero attached hydrogens (tertiary/aromatic N) is 1. The Morgan fingerprint density at radius 3 is 2.48 bits per heavy atom. The summed E-state index contributed by atoms with van der Waals surface area (Å²) < 4.78 is 0. The summed E-state index contributed by atoms with van der Waals surface area (Å²) in [5.74, 6) is 1.79. The van der Waals surface area contributed by atoms with E-state index >= 15 is 0 Å². The summed E-state index contributed by atoms with van der Waals surface area (Å²) in [5.41, 5.74) is 3.18. The Labute approximate surface area is 167 Å². The number of rotatable bonds is 6. The fraction of sp³-hybridized carbons (Fsp3) is 0.435. The van der Waals surface area contributed by atoms with Crippen molar-refractivity contribution in [2.45, 2.75) is 44.6 Å². The lowest BCUT2D eigenvalue weighted by Crippen LogP contribution is -2.32. The molecule has 3 rings (SSSR count). The number of thioether (sulfide) groups is 1. The third kappa shape index (κ3) is 5.07. The van der Waals surface area contributed by atoms with Gasteiger partial charge in [0.15, 0.2) is 0 Å². The van der Waals surface area contributed by atoms with Crippen LogP contribution < -0.4 is 10.2 Å². The molecule has 3 nitrogen and oxygen atoms in total. The van der Waals surface area contributed by atoms with Crippen LogP contribution in [-0.4, -0.2) is 24.7 Å². The van der Waals surface area contributed by atoms with Crippen molar-refractivity contribution in [2.75, 3.05) is 23.7 Å². The lowest BCUT2D eigenvalue weighted by molar-refractivity contribution is 0.0937. The number of piperidine rings is 1. The minimum absolute atomic E-state index is 0.00635. The maximum atomic E-state index is 12.7. The zero-order chi connectivity index (χ0) is 19.2. The topological polar surface area (TPSA) is 32.3 Å². The zero-order valence-electron chi connectivity index (χ0n) is 16.6. The number of carbonyl (C=O) groups is 1. The molecule has 1 heterocycles. The van der Waals surface area contributed by atoms with Crippen LogP contribution >= 0.6 is 11.8 Å². The second-order valence-electron chi connectivity index (χ2n) is 7.39. The van der Waals surface area contributed by atoms with Gasteiger partial charge in [0, 0.05) is 23.7 Å². The van der Waals surface area contributed by atoms with Crippen molar-refractivity contribution in [1.82, 2.24) is 5.32 Å². The van der Waals surface area contributed by atoms with Gasteiger partial charge in [-0.1, -0.05) is 38.1 Å². The molecule has 1 aliphatic heterocycles. The van der Waals surface area contributed by atoms with Crippen molar-refractivity contribution in [2.24, 2.45) is 5.92 Å². The zero-order valence-corrected chi connectivity index (χ0v) is 17.4. The Bertz CT molecular complexity index is 751. The highest BCUT2D eigenvalue weighted by Gasteiger charge is 2.17. The normalized spacial score (nSPS) is 16.2. The molecule has 1 N–H and O–H groups in total. The van der Waals surface area contributed by atoms with E-state index in [1.807, 2.05) is 31.2 Å². The number of nitrogens with one attached hydrogen (secondary N) is 1. The Hall–Kier alpha value is -1.94. The van der Waals surface area contributed by atoms with Crippen LogP contribution in [-0.2, 0) is 0 Å². The van der Waals surface area contributed by atoms with Crippen LogP contribution in [0.5, 0.6) is 0 Å². The van der Waals surface area contributed by atoms with Crippen molar-refractivity contribution < 1.29 is 4.79 Å². The first kappa shape index (κ1) is 19.8. The van der Waals surface area contributed by atoms with E-state index in [1.165, 1.54) is 18.5 Å².